The number of hydrogen-bond acceptors (Lipinski definition) is 2. The van der Waals surface area contributed by atoms with Gasteiger partial charge in [-0.15, -0.1) is 0 Å². The molecule has 0 spiro atoms. The average Bonchev–Trinajstić information content (AvgIpc) is 2.41. The second-order valence-corrected chi connectivity index (χ2v) is 6.37. The van der Waals surface area contributed by atoms with Gasteiger partial charge in [0, 0.05) is 33.2 Å². The highest BCUT2D eigenvalue weighted by atomic mass is 16.2. The molecular formula is C16H25N3O. The molecule has 0 radical (unpaired) electrons. The number of benzene rings is 1. The second-order valence-electron chi connectivity index (χ2n) is 6.37. The summed E-state index contributed by atoms with van der Waals surface area (Å²) in [6.45, 7) is 5.79. The van der Waals surface area contributed by atoms with E-state index in [1.165, 1.54) is 5.56 Å². The van der Waals surface area contributed by atoms with Crippen molar-refractivity contribution in [3.05, 3.63) is 35.9 Å². The average molecular weight is 275 g/mol. The van der Waals surface area contributed by atoms with Crippen molar-refractivity contribution in [3.8, 4) is 0 Å². The zero-order valence-corrected chi connectivity index (χ0v) is 12.9. The number of hydrogen-bond donors (Lipinski definition) is 1. The number of amides is 2. The van der Waals surface area contributed by atoms with Gasteiger partial charge in [0.2, 0.25) is 0 Å². The summed E-state index contributed by atoms with van der Waals surface area (Å²) < 4.78 is 0. The summed E-state index contributed by atoms with van der Waals surface area (Å²) in [7, 11) is 3.62. The Morgan fingerprint density at radius 3 is 2.60 bits per heavy atom. The van der Waals surface area contributed by atoms with Crippen molar-refractivity contribution < 1.29 is 4.79 Å². The molecule has 1 aliphatic heterocycles. The van der Waals surface area contributed by atoms with Crippen LogP contribution in [-0.2, 0) is 6.42 Å². The Kier molecular flexibility index (Phi) is 4.33. The second kappa shape index (κ2) is 5.83. The summed E-state index contributed by atoms with van der Waals surface area (Å²) in [5, 5.41) is 3.57. The zero-order chi connectivity index (χ0) is 14.8. The Morgan fingerprint density at radius 2 is 2.00 bits per heavy atom. The molecule has 4 heteroatoms. The molecule has 1 aliphatic rings. The van der Waals surface area contributed by atoms with Crippen LogP contribution < -0.4 is 5.32 Å². The van der Waals surface area contributed by atoms with Gasteiger partial charge < -0.3 is 15.1 Å². The van der Waals surface area contributed by atoms with Crippen molar-refractivity contribution in [3.63, 3.8) is 0 Å². The van der Waals surface area contributed by atoms with Crippen molar-refractivity contribution >= 4 is 6.03 Å². The molecule has 110 valence electrons. The van der Waals surface area contributed by atoms with E-state index in [4.69, 9.17) is 0 Å². The summed E-state index contributed by atoms with van der Waals surface area (Å²) in [5.41, 5.74) is 1.16. The first kappa shape index (κ1) is 14.9. The van der Waals surface area contributed by atoms with Crippen LogP contribution >= 0.6 is 0 Å². The van der Waals surface area contributed by atoms with E-state index in [9.17, 15) is 4.79 Å². The standard InChI is InChI=1S/C16H25N3O/c1-16(2)12-17-14(10-13-8-6-5-7-9-13)11-19(16)15(20)18(3)4/h5-9,14,17H,10-12H2,1-4H3. The monoisotopic (exact) mass is 275 g/mol. The van der Waals surface area contributed by atoms with Gasteiger partial charge in [-0.2, -0.15) is 0 Å². The molecule has 1 aromatic carbocycles. The topological polar surface area (TPSA) is 35.6 Å². The molecule has 2 amide bonds. The minimum Gasteiger partial charge on any atom is -0.331 e. The van der Waals surface area contributed by atoms with Gasteiger partial charge in [0.1, 0.15) is 0 Å². The van der Waals surface area contributed by atoms with Crippen LogP contribution in [0.5, 0.6) is 0 Å². The summed E-state index contributed by atoms with van der Waals surface area (Å²) >= 11 is 0. The van der Waals surface area contributed by atoms with E-state index >= 15 is 0 Å². The van der Waals surface area contributed by atoms with E-state index in [1.54, 1.807) is 4.90 Å². The minimum absolute atomic E-state index is 0.0922. The Labute approximate surface area is 121 Å². The van der Waals surface area contributed by atoms with Gasteiger partial charge in [-0.05, 0) is 25.8 Å². The van der Waals surface area contributed by atoms with Crippen LogP contribution in [0, 0.1) is 0 Å². The fraction of sp³-hybridized carbons (Fsp3) is 0.562. The fourth-order valence-corrected chi connectivity index (χ4v) is 2.64. The first-order chi connectivity index (χ1) is 9.40. The van der Waals surface area contributed by atoms with E-state index in [0.717, 1.165) is 19.5 Å². The highest BCUT2D eigenvalue weighted by Crippen LogP contribution is 2.21. The van der Waals surface area contributed by atoms with Crippen LogP contribution in [-0.4, -0.2) is 54.6 Å². The number of nitrogens with one attached hydrogen (secondary N) is 1. The third kappa shape index (κ3) is 3.31. The van der Waals surface area contributed by atoms with Gasteiger partial charge in [-0.1, -0.05) is 30.3 Å². The van der Waals surface area contributed by atoms with Crippen LogP contribution in [0.3, 0.4) is 0 Å². The number of piperazine rings is 1. The molecule has 1 N–H and O–H groups in total. The van der Waals surface area contributed by atoms with Crippen LogP contribution in [0.4, 0.5) is 4.79 Å². The molecular weight excluding hydrogens is 250 g/mol. The number of carbonyl (C=O) groups is 1. The van der Waals surface area contributed by atoms with Gasteiger partial charge in [0.05, 0.1) is 5.54 Å². The highest BCUT2D eigenvalue weighted by molar-refractivity contribution is 5.75. The largest absolute Gasteiger partial charge is 0.331 e. The van der Waals surface area contributed by atoms with Crippen molar-refractivity contribution in [1.82, 2.24) is 15.1 Å². The normalized spacial score (nSPS) is 21.6. The maximum absolute atomic E-state index is 12.3. The van der Waals surface area contributed by atoms with E-state index < -0.39 is 0 Å². The first-order valence-corrected chi connectivity index (χ1v) is 7.16. The summed E-state index contributed by atoms with van der Waals surface area (Å²) in [4.78, 5) is 16.0. The van der Waals surface area contributed by atoms with Crippen molar-refractivity contribution in [2.75, 3.05) is 27.2 Å². The predicted octanol–water partition coefficient (Wildman–Crippen LogP) is 1.96. The lowest BCUT2D eigenvalue weighted by Gasteiger charge is -2.47. The lowest BCUT2D eigenvalue weighted by Crippen LogP contribution is -2.65. The van der Waals surface area contributed by atoms with E-state index in [1.807, 2.05) is 25.1 Å². The van der Waals surface area contributed by atoms with Crippen molar-refractivity contribution in [2.45, 2.75) is 31.8 Å². The van der Waals surface area contributed by atoms with Crippen LogP contribution in [0.2, 0.25) is 0 Å². The third-order valence-corrected chi connectivity index (χ3v) is 3.90. The van der Waals surface area contributed by atoms with E-state index in [-0.39, 0.29) is 11.6 Å². The molecule has 1 saturated heterocycles. The minimum atomic E-state index is -0.144. The molecule has 1 aromatic rings. The molecule has 2 rings (SSSR count). The molecule has 0 bridgehead atoms. The molecule has 1 fully saturated rings. The summed E-state index contributed by atoms with van der Waals surface area (Å²) in [6.07, 6.45) is 0.953. The summed E-state index contributed by atoms with van der Waals surface area (Å²) in [5.74, 6) is 0. The van der Waals surface area contributed by atoms with Gasteiger partial charge in [-0.3, -0.25) is 0 Å². The molecule has 20 heavy (non-hydrogen) atoms. The Balaban J connectivity index is 2.06. The SMILES string of the molecule is CN(C)C(=O)N1CC(Cc2ccccc2)NCC1(C)C. The first-order valence-electron chi connectivity index (χ1n) is 7.16. The van der Waals surface area contributed by atoms with Gasteiger partial charge in [0.15, 0.2) is 0 Å². The maximum Gasteiger partial charge on any atom is 0.320 e. The van der Waals surface area contributed by atoms with Crippen LogP contribution in [0.1, 0.15) is 19.4 Å². The van der Waals surface area contributed by atoms with Crippen LogP contribution in [0.15, 0.2) is 30.3 Å². The van der Waals surface area contributed by atoms with Crippen molar-refractivity contribution in [2.24, 2.45) is 0 Å². The number of rotatable bonds is 2. The van der Waals surface area contributed by atoms with Gasteiger partial charge in [-0.25, -0.2) is 4.79 Å². The number of nitrogens with zero attached hydrogens (tertiary/aromatic N) is 2. The molecule has 0 aromatic heterocycles. The predicted molar refractivity (Wildman–Crippen MR) is 81.8 cm³/mol. The van der Waals surface area contributed by atoms with E-state index in [0.29, 0.717) is 6.04 Å². The molecule has 1 unspecified atom stereocenters. The van der Waals surface area contributed by atoms with E-state index in [2.05, 4.69) is 43.4 Å². The van der Waals surface area contributed by atoms with Gasteiger partial charge >= 0.3 is 6.03 Å². The number of carbonyl (C=O) groups excluding carboxylic acids is 1. The fourth-order valence-electron chi connectivity index (χ4n) is 2.64. The lowest BCUT2D eigenvalue weighted by molar-refractivity contribution is 0.0773. The Morgan fingerprint density at radius 1 is 1.35 bits per heavy atom. The highest BCUT2D eigenvalue weighted by Gasteiger charge is 2.37. The van der Waals surface area contributed by atoms with Crippen LogP contribution in [0.25, 0.3) is 0 Å². The Hall–Kier alpha value is -1.55. The summed E-state index contributed by atoms with van der Waals surface area (Å²) in [6, 6.07) is 10.8. The number of urea groups is 1. The molecule has 1 atom stereocenters. The molecule has 0 saturated carbocycles. The quantitative estimate of drug-likeness (QED) is 0.895. The Bertz CT molecular complexity index is 456. The smallest absolute Gasteiger partial charge is 0.320 e. The lowest BCUT2D eigenvalue weighted by atomic mass is 9.95. The van der Waals surface area contributed by atoms with Crippen molar-refractivity contribution in [1.29, 1.82) is 0 Å². The third-order valence-electron chi connectivity index (χ3n) is 3.90. The molecule has 4 nitrogen and oxygen atoms in total. The van der Waals surface area contributed by atoms with Gasteiger partial charge in [0.25, 0.3) is 0 Å². The maximum atomic E-state index is 12.3. The molecule has 0 aliphatic carbocycles. The zero-order valence-electron chi connectivity index (χ0n) is 12.9. The molecule has 1 heterocycles.